The van der Waals surface area contributed by atoms with Crippen LogP contribution in [-0.2, 0) is 11.2 Å². The molecule has 1 aliphatic carbocycles. The van der Waals surface area contributed by atoms with Crippen LogP contribution < -0.4 is 19.7 Å². The van der Waals surface area contributed by atoms with E-state index in [1.54, 1.807) is 17.2 Å². The normalized spacial score (nSPS) is 18.8. The average molecular weight is 488 g/mol. The van der Waals surface area contributed by atoms with Gasteiger partial charge in [-0.2, -0.15) is 0 Å². The number of carbonyl (C=O) groups is 2. The van der Waals surface area contributed by atoms with Crippen molar-refractivity contribution in [1.29, 1.82) is 0 Å². The van der Waals surface area contributed by atoms with Gasteiger partial charge in [0.05, 0.1) is 18.2 Å². The second-order valence-corrected chi connectivity index (χ2v) is 9.10. The molecule has 2 aliphatic rings. The van der Waals surface area contributed by atoms with Crippen molar-refractivity contribution in [3.05, 3.63) is 66.4 Å². The van der Waals surface area contributed by atoms with Gasteiger partial charge < -0.3 is 19.9 Å². The topological polar surface area (TPSA) is 101 Å². The molecule has 1 aliphatic heterocycles. The number of nitrogens with one attached hydrogen (secondary N) is 1. The lowest BCUT2D eigenvalue weighted by Crippen LogP contribution is -2.40. The van der Waals surface area contributed by atoms with Crippen LogP contribution in [0.4, 0.5) is 16.2 Å². The fraction of sp³-hybridized carbons (Fsp3) is 0.321. The molecule has 2 aromatic carbocycles. The Labute approximate surface area is 209 Å². The average Bonchev–Trinajstić information content (AvgIpc) is 3.37. The maximum atomic E-state index is 13.1. The minimum absolute atomic E-state index is 0.122. The van der Waals surface area contributed by atoms with Gasteiger partial charge in [0.15, 0.2) is 0 Å². The van der Waals surface area contributed by atoms with Gasteiger partial charge in [0, 0.05) is 23.5 Å². The third kappa shape index (κ3) is 4.98. The molecule has 0 saturated heterocycles. The fourth-order valence-corrected chi connectivity index (χ4v) is 4.81. The Bertz CT molecular complexity index is 1260. The first-order valence-electron chi connectivity index (χ1n) is 12.3. The van der Waals surface area contributed by atoms with E-state index in [0.717, 1.165) is 40.9 Å². The largest absolute Gasteiger partial charge is 0.490 e. The number of benzene rings is 2. The summed E-state index contributed by atoms with van der Waals surface area (Å²) in [5, 5.41) is 12.2. The maximum absolute atomic E-state index is 13.1. The Hall–Kier alpha value is -4.07. The van der Waals surface area contributed by atoms with Crippen molar-refractivity contribution in [2.24, 2.45) is 5.92 Å². The number of nitrogens with zero attached hydrogens (tertiary/aromatic N) is 2. The van der Waals surface area contributed by atoms with E-state index in [4.69, 9.17) is 9.47 Å². The number of aliphatic carboxylic acids is 1. The van der Waals surface area contributed by atoms with E-state index < -0.39 is 5.97 Å². The number of aryl methyl sites for hydroxylation is 1. The first kappa shape index (κ1) is 23.7. The summed E-state index contributed by atoms with van der Waals surface area (Å²) in [5.74, 6) is 0.0246. The number of pyridine rings is 1. The van der Waals surface area contributed by atoms with Gasteiger partial charge in [-0.15, -0.1) is 0 Å². The Kier molecular flexibility index (Phi) is 6.75. The molecule has 2 heterocycles. The van der Waals surface area contributed by atoms with Gasteiger partial charge in [0.2, 0.25) is 5.88 Å². The Balaban J connectivity index is 1.28. The van der Waals surface area contributed by atoms with E-state index >= 15 is 0 Å². The van der Waals surface area contributed by atoms with E-state index in [-0.39, 0.29) is 18.1 Å². The highest BCUT2D eigenvalue weighted by molar-refractivity contribution is 6.03. The van der Waals surface area contributed by atoms with Crippen LogP contribution in [0.1, 0.15) is 31.7 Å². The summed E-state index contributed by atoms with van der Waals surface area (Å²) in [7, 11) is 0. The number of hydrogen-bond acceptors (Lipinski definition) is 5. The van der Waals surface area contributed by atoms with Gasteiger partial charge in [0.1, 0.15) is 18.5 Å². The number of aromatic nitrogens is 1. The van der Waals surface area contributed by atoms with E-state index in [9.17, 15) is 14.7 Å². The van der Waals surface area contributed by atoms with Crippen LogP contribution in [0.3, 0.4) is 0 Å². The molecular weight excluding hydrogens is 458 g/mol. The number of carboxylic acids is 1. The third-order valence-corrected chi connectivity index (χ3v) is 6.80. The molecule has 2 amide bonds. The maximum Gasteiger partial charge on any atom is 0.326 e. The number of urea groups is 1. The van der Waals surface area contributed by atoms with Gasteiger partial charge in [-0.1, -0.05) is 31.2 Å². The van der Waals surface area contributed by atoms with Crippen molar-refractivity contribution >= 4 is 23.4 Å². The molecule has 36 heavy (non-hydrogen) atoms. The van der Waals surface area contributed by atoms with Gasteiger partial charge in [0.25, 0.3) is 0 Å². The molecule has 8 heteroatoms. The highest BCUT2D eigenvalue weighted by atomic mass is 16.5. The molecular formula is C28H29N3O5. The van der Waals surface area contributed by atoms with Crippen LogP contribution in [0.25, 0.3) is 11.1 Å². The Morgan fingerprint density at radius 3 is 2.72 bits per heavy atom. The van der Waals surface area contributed by atoms with Crippen LogP contribution in [0.2, 0.25) is 0 Å². The first-order chi connectivity index (χ1) is 17.5. The quantitative estimate of drug-likeness (QED) is 0.485. The standard InChI is InChI=1S/C28H29N3O5/c1-2-18-5-3-4-6-23(18)30-28(34)31-13-14-35-25-16-19(8-11-24(25)31)21-9-12-26(29-17-21)36-22-10-7-20(15-22)27(32)33/h3-6,8-9,11-12,16-17,20,22H,2,7,10,13-15H2,1H3,(H,30,34)(H,32,33). The van der Waals surface area contributed by atoms with Crippen LogP contribution in [0.5, 0.6) is 11.6 Å². The van der Waals surface area contributed by atoms with E-state index in [1.165, 1.54) is 0 Å². The minimum atomic E-state index is -0.763. The molecule has 0 radical (unpaired) electrons. The molecule has 1 aromatic heterocycles. The monoisotopic (exact) mass is 487 g/mol. The summed E-state index contributed by atoms with van der Waals surface area (Å²) in [4.78, 5) is 30.4. The second-order valence-electron chi connectivity index (χ2n) is 9.10. The number of hydrogen-bond donors (Lipinski definition) is 2. The molecule has 0 spiro atoms. The van der Waals surface area contributed by atoms with E-state index in [0.29, 0.717) is 37.6 Å². The summed E-state index contributed by atoms with van der Waals surface area (Å²) in [5.41, 5.74) is 4.43. The lowest BCUT2D eigenvalue weighted by atomic mass is 10.1. The third-order valence-electron chi connectivity index (χ3n) is 6.80. The summed E-state index contributed by atoms with van der Waals surface area (Å²) in [6, 6.07) is 17.1. The van der Waals surface area contributed by atoms with Gasteiger partial charge >= 0.3 is 12.0 Å². The summed E-state index contributed by atoms with van der Waals surface area (Å²) < 4.78 is 11.8. The molecule has 1 saturated carbocycles. The van der Waals surface area contributed by atoms with Crippen molar-refractivity contribution in [1.82, 2.24) is 4.98 Å². The molecule has 2 N–H and O–H groups in total. The fourth-order valence-electron chi connectivity index (χ4n) is 4.81. The van der Waals surface area contributed by atoms with Crippen molar-refractivity contribution in [3.63, 3.8) is 0 Å². The highest BCUT2D eigenvalue weighted by Gasteiger charge is 2.31. The van der Waals surface area contributed by atoms with Crippen LogP contribution in [0, 0.1) is 5.92 Å². The molecule has 2 atom stereocenters. The summed E-state index contributed by atoms with van der Waals surface area (Å²) >= 11 is 0. The summed E-state index contributed by atoms with van der Waals surface area (Å²) in [6.07, 6.45) is 4.30. The molecule has 2 unspecified atom stereocenters. The van der Waals surface area contributed by atoms with Crippen LogP contribution in [-0.4, -0.2) is 41.3 Å². The highest BCUT2D eigenvalue weighted by Crippen LogP contribution is 2.36. The number of anilines is 2. The zero-order chi connectivity index (χ0) is 25.1. The van der Waals surface area contributed by atoms with Crippen molar-refractivity contribution in [2.75, 3.05) is 23.4 Å². The smallest absolute Gasteiger partial charge is 0.326 e. The Morgan fingerprint density at radius 1 is 1.14 bits per heavy atom. The second kappa shape index (κ2) is 10.3. The van der Waals surface area contributed by atoms with Gasteiger partial charge in [-0.3, -0.25) is 9.69 Å². The number of carbonyl (C=O) groups excluding carboxylic acids is 1. The molecule has 0 bridgehead atoms. The number of carboxylic acid groups (broad SMARTS) is 1. The van der Waals surface area contributed by atoms with Gasteiger partial charge in [-0.05, 0) is 61.1 Å². The zero-order valence-electron chi connectivity index (χ0n) is 20.1. The minimum Gasteiger partial charge on any atom is -0.490 e. The van der Waals surface area contributed by atoms with Gasteiger partial charge in [-0.25, -0.2) is 9.78 Å². The lowest BCUT2D eigenvalue weighted by Gasteiger charge is -2.30. The van der Waals surface area contributed by atoms with Crippen LogP contribution >= 0.6 is 0 Å². The number of fused-ring (bicyclic) bond motifs is 1. The summed E-state index contributed by atoms with van der Waals surface area (Å²) in [6.45, 7) is 2.93. The number of rotatable bonds is 6. The van der Waals surface area contributed by atoms with Crippen molar-refractivity contribution < 1.29 is 24.2 Å². The van der Waals surface area contributed by atoms with E-state index in [1.807, 2.05) is 48.5 Å². The van der Waals surface area contributed by atoms with Crippen molar-refractivity contribution in [2.45, 2.75) is 38.7 Å². The predicted octanol–water partition coefficient (Wildman–Crippen LogP) is 5.37. The molecule has 8 nitrogen and oxygen atoms in total. The lowest BCUT2D eigenvalue weighted by molar-refractivity contribution is -0.141. The number of ether oxygens (including phenoxy) is 2. The molecule has 5 rings (SSSR count). The zero-order valence-corrected chi connectivity index (χ0v) is 20.1. The SMILES string of the molecule is CCc1ccccc1NC(=O)N1CCOc2cc(-c3ccc(OC4CCC(C(=O)O)C4)nc3)ccc21. The predicted molar refractivity (Wildman–Crippen MR) is 137 cm³/mol. The van der Waals surface area contributed by atoms with E-state index in [2.05, 4.69) is 17.2 Å². The molecule has 186 valence electrons. The molecule has 1 fully saturated rings. The first-order valence-corrected chi connectivity index (χ1v) is 12.3. The number of para-hydroxylation sites is 1. The Morgan fingerprint density at radius 2 is 1.97 bits per heavy atom. The van der Waals surface area contributed by atoms with Crippen LogP contribution in [0.15, 0.2) is 60.8 Å². The number of amides is 2. The van der Waals surface area contributed by atoms with Crippen molar-refractivity contribution in [3.8, 4) is 22.8 Å². The molecule has 3 aromatic rings.